The quantitative estimate of drug-likeness (QED) is 0.676. The molecule has 1 aliphatic heterocycles. The van der Waals surface area contributed by atoms with E-state index in [-0.39, 0.29) is 0 Å². The highest BCUT2D eigenvalue weighted by atomic mass is 15.1. The standard InChI is InChI=1S/C15H31N3/c1-13-11-14(12-13)3-6-16-7-8-17-15-4-9-18(2)10-5-15/h13-17H,3-12H2,1-2H3. The smallest absolute Gasteiger partial charge is 0.00919 e. The molecule has 106 valence electrons. The zero-order valence-electron chi connectivity index (χ0n) is 12.3. The number of piperidine rings is 1. The van der Waals surface area contributed by atoms with Crippen LogP contribution in [0, 0.1) is 11.8 Å². The number of hydrogen-bond donors (Lipinski definition) is 2. The highest BCUT2D eigenvalue weighted by molar-refractivity contribution is 4.77. The summed E-state index contributed by atoms with van der Waals surface area (Å²) in [7, 11) is 2.22. The highest BCUT2D eigenvalue weighted by Crippen LogP contribution is 2.34. The Morgan fingerprint density at radius 1 is 1.06 bits per heavy atom. The van der Waals surface area contributed by atoms with Crippen LogP contribution in [0.2, 0.25) is 0 Å². The molecule has 0 amide bonds. The SMILES string of the molecule is CC1CC(CCNCCNC2CCN(C)CC2)C1. The van der Waals surface area contributed by atoms with E-state index in [1.54, 1.807) is 0 Å². The molecule has 1 aliphatic carbocycles. The normalized spacial score (nSPS) is 30.3. The first-order valence-corrected chi connectivity index (χ1v) is 7.86. The molecule has 0 unspecified atom stereocenters. The van der Waals surface area contributed by atoms with Crippen LogP contribution in [0.3, 0.4) is 0 Å². The molecule has 1 heterocycles. The fourth-order valence-electron chi connectivity index (χ4n) is 3.31. The molecular formula is C15H31N3. The Morgan fingerprint density at radius 3 is 2.44 bits per heavy atom. The van der Waals surface area contributed by atoms with E-state index in [0.29, 0.717) is 0 Å². The molecule has 0 bridgehead atoms. The average molecular weight is 253 g/mol. The van der Waals surface area contributed by atoms with Crippen molar-refractivity contribution in [3.05, 3.63) is 0 Å². The monoisotopic (exact) mass is 253 g/mol. The van der Waals surface area contributed by atoms with Crippen molar-refractivity contribution in [2.45, 2.75) is 45.1 Å². The molecule has 3 heteroatoms. The van der Waals surface area contributed by atoms with Gasteiger partial charge in [0.05, 0.1) is 0 Å². The Balaban J connectivity index is 1.37. The number of likely N-dealkylation sites (tertiary alicyclic amines) is 1. The maximum Gasteiger partial charge on any atom is 0.00919 e. The van der Waals surface area contributed by atoms with Crippen molar-refractivity contribution in [3.8, 4) is 0 Å². The van der Waals surface area contributed by atoms with Gasteiger partial charge in [0.2, 0.25) is 0 Å². The maximum absolute atomic E-state index is 3.68. The van der Waals surface area contributed by atoms with Crippen LogP contribution in [0.1, 0.15) is 39.0 Å². The first-order chi connectivity index (χ1) is 8.74. The van der Waals surface area contributed by atoms with Crippen LogP contribution in [-0.2, 0) is 0 Å². The minimum Gasteiger partial charge on any atom is -0.315 e. The Hall–Kier alpha value is -0.120. The van der Waals surface area contributed by atoms with E-state index in [2.05, 4.69) is 29.5 Å². The third-order valence-corrected chi connectivity index (χ3v) is 4.65. The van der Waals surface area contributed by atoms with Gasteiger partial charge in [-0.05, 0) is 70.6 Å². The van der Waals surface area contributed by atoms with Crippen molar-refractivity contribution in [1.82, 2.24) is 15.5 Å². The van der Waals surface area contributed by atoms with E-state index >= 15 is 0 Å². The van der Waals surface area contributed by atoms with Gasteiger partial charge in [-0.1, -0.05) is 6.92 Å². The molecule has 0 atom stereocenters. The summed E-state index contributed by atoms with van der Waals surface area (Å²) in [5.41, 5.74) is 0. The van der Waals surface area contributed by atoms with Crippen molar-refractivity contribution < 1.29 is 0 Å². The summed E-state index contributed by atoms with van der Waals surface area (Å²) in [6.07, 6.45) is 6.95. The number of nitrogens with zero attached hydrogens (tertiary/aromatic N) is 1. The zero-order valence-corrected chi connectivity index (χ0v) is 12.3. The zero-order chi connectivity index (χ0) is 12.8. The van der Waals surface area contributed by atoms with Gasteiger partial charge in [0.25, 0.3) is 0 Å². The number of hydrogen-bond acceptors (Lipinski definition) is 3. The first-order valence-electron chi connectivity index (χ1n) is 7.86. The molecule has 2 rings (SSSR count). The van der Waals surface area contributed by atoms with Gasteiger partial charge in [-0.25, -0.2) is 0 Å². The van der Waals surface area contributed by atoms with Crippen molar-refractivity contribution in [2.75, 3.05) is 39.8 Å². The Kier molecular flexibility index (Phi) is 5.93. The molecular weight excluding hydrogens is 222 g/mol. The lowest BCUT2D eigenvalue weighted by molar-refractivity contribution is 0.198. The van der Waals surface area contributed by atoms with Crippen molar-refractivity contribution in [2.24, 2.45) is 11.8 Å². The Bertz CT molecular complexity index is 218. The fourth-order valence-corrected chi connectivity index (χ4v) is 3.31. The molecule has 3 nitrogen and oxygen atoms in total. The van der Waals surface area contributed by atoms with Gasteiger partial charge in [0, 0.05) is 19.1 Å². The topological polar surface area (TPSA) is 27.3 Å². The summed E-state index contributed by atoms with van der Waals surface area (Å²) in [4.78, 5) is 2.43. The molecule has 1 saturated carbocycles. The van der Waals surface area contributed by atoms with E-state index in [1.807, 2.05) is 0 Å². The lowest BCUT2D eigenvalue weighted by Gasteiger charge is -2.32. The van der Waals surface area contributed by atoms with Gasteiger partial charge >= 0.3 is 0 Å². The summed E-state index contributed by atoms with van der Waals surface area (Å²) in [5.74, 6) is 2.02. The lowest BCUT2D eigenvalue weighted by Crippen LogP contribution is -2.43. The summed E-state index contributed by atoms with van der Waals surface area (Å²) in [5, 5.41) is 7.25. The first kappa shape index (κ1) is 14.3. The molecule has 0 spiro atoms. The van der Waals surface area contributed by atoms with E-state index in [0.717, 1.165) is 31.0 Å². The third-order valence-electron chi connectivity index (χ3n) is 4.65. The molecule has 2 N–H and O–H groups in total. The fraction of sp³-hybridized carbons (Fsp3) is 1.00. The minimum absolute atomic E-state index is 0.760. The van der Waals surface area contributed by atoms with Crippen LogP contribution in [0.25, 0.3) is 0 Å². The third kappa shape index (κ3) is 4.87. The van der Waals surface area contributed by atoms with E-state index in [9.17, 15) is 0 Å². The van der Waals surface area contributed by atoms with Gasteiger partial charge in [0.1, 0.15) is 0 Å². The van der Waals surface area contributed by atoms with Crippen LogP contribution in [0.4, 0.5) is 0 Å². The molecule has 18 heavy (non-hydrogen) atoms. The lowest BCUT2D eigenvalue weighted by atomic mass is 9.74. The van der Waals surface area contributed by atoms with Gasteiger partial charge in [-0.2, -0.15) is 0 Å². The molecule has 1 saturated heterocycles. The van der Waals surface area contributed by atoms with Gasteiger partial charge < -0.3 is 15.5 Å². The summed E-state index contributed by atoms with van der Waals surface area (Å²) >= 11 is 0. The predicted octanol–water partition coefficient (Wildman–Crippen LogP) is 1.70. The summed E-state index contributed by atoms with van der Waals surface area (Å²) < 4.78 is 0. The van der Waals surface area contributed by atoms with Gasteiger partial charge in [-0.15, -0.1) is 0 Å². The largest absolute Gasteiger partial charge is 0.315 e. The van der Waals surface area contributed by atoms with Crippen molar-refractivity contribution in [3.63, 3.8) is 0 Å². The van der Waals surface area contributed by atoms with Crippen molar-refractivity contribution in [1.29, 1.82) is 0 Å². The number of rotatable bonds is 7. The second-order valence-corrected chi connectivity index (χ2v) is 6.51. The van der Waals surface area contributed by atoms with Crippen LogP contribution in [0.5, 0.6) is 0 Å². The van der Waals surface area contributed by atoms with Crippen LogP contribution >= 0.6 is 0 Å². The molecule has 2 fully saturated rings. The molecule has 0 radical (unpaired) electrons. The molecule has 2 aliphatic rings. The van der Waals surface area contributed by atoms with Crippen LogP contribution in [-0.4, -0.2) is 50.7 Å². The molecule has 0 aromatic rings. The summed E-state index contributed by atoms with van der Waals surface area (Å²) in [6, 6.07) is 0.760. The highest BCUT2D eigenvalue weighted by Gasteiger charge is 2.24. The maximum atomic E-state index is 3.68. The molecule has 0 aromatic heterocycles. The predicted molar refractivity (Wildman–Crippen MR) is 77.9 cm³/mol. The van der Waals surface area contributed by atoms with Gasteiger partial charge in [0.15, 0.2) is 0 Å². The van der Waals surface area contributed by atoms with Crippen molar-refractivity contribution >= 4 is 0 Å². The van der Waals surface area contributed by atoms with Gasteiger partial charge in [-0.3, -0.25) is 0 Å². The minimum atomic E-state index is 0.760. The second kappa shape index (κ2) is 7.46. The average Bonchev–Trinajstić information content (AvgIpc) is 2.33. The van der Waals surface area contributed by atoms with E-state index < -0.39 is 0 Å². The van der Waals surface area contributed by atoms with Crippen LogP contribution in [0.15, 0.2) is 0 Å². The number of nitrogens with one attached hydrogen (secondary N) is 2. The van der Waals surface area contributed by atoms with E-state index in [4.69, 9.17) is 0 Å². The summed E-state index contributed by atoms with van der Waals surface area (Å²) in [6.45, 7) is 8.36. The van der Waals surface area contributed by atoms with E-state index in [1.165, 1.54) is 51.7 Å². The Morgan fingerprint density at radius 2 is 1.78 bits per heavy atom. The van der Waals surface area contributed by atoms with Crippen LogP contribution < -0.4 is 10.6 Å². The Labute approximate surface area is 113 Å². The molecule has 0 aromatic carbocycles. The second-order valence-electron chi connectivity index (χ2n) is 6.51.